The van der Waals surface area contributed by atoms with E-state index in [1.54, 1.807) is 0 Å². The van der Waals surface area contributed by atoms with E-state index in [9.17, 15) is 0 Å². The average Bonchev–Trinajstić information content (AvgIpc) is 3.35. The number of benzene rings is 1. The van der Waals surface area contributed by atoms with Crippen LogP contribution in [0.4, 0.5) is 5.69 Å². The van der Waals surface area contributed by atoms with Crippen LogP contribution in [0.25, 0.3) is 11.1 Å². The molecule has 3 aliphatic rings. The lowest BCUT2D eigenvalue weighted by Crippen LogP contribution is -2.21. The maximum Gasteiger partial charge on any atom is 0.231 e. The summed E-state index contributed by atoms with van der Waals surface area (Å²) in [4.78, 5) is 4.62. The van der Waals surface area contributed by atoms with Crippen molar-refractivity contribution in [3.8, 4) is 22.6 Å². The minimum Gasteiger partial charge on any atom is -0.453 e. The molecule has 1 aliphatic heterocycles. The molecule has 3 heterocycles. The third-order valence-corrected chi connectivity index (χ3v) is 6.86. The molecule has 1 N–H and O–H groups in total. The molecule has 31 heavy (non-hydrogen) atoms. The number of pyridine rings is 1. The van der Waals surface area contributed by atoms with Crippen molar-refractivity contribution in [1.29, 1.82) is 0 Å². The summed E-state index contributed by atoms with van der Waals surface area (Å²) in [5.41, 5.74) is 4.77. The number of anilines is 1. The van der Waals surface area contributed by atoms with E-state index in [-0.39, 0.29) is 0 Å². The summed E-state index contributed by atoms with van der Waals surface area (Å²) in [5.74, 6) is 2.84. The lowest BCUT2D eigenvalue weighted by molar-refractivity contribution is 0.173. The molecule has 2 fully saturated rings. The zero-order valence-corrected chi connectivity index (χ0v) is 17.7. The number of ether oxygens (including phenoxy) is 2. The molecular formula is C25H28N4O2. The normalized spacial score (nSPS) is 22.5. The highest BCUT2D eigenvalue weighted by molar-refractivity contribution is 5.67. The molecule has 0 spiro atoms. The number of nitrogens with one attached hydrogen (secondary N) is 1. The van der Waals surface area contributed by atoms with Crippen molar-refractivity contribution in [3.63, 3.8) is 0 Å². The zero-order valence-electron chi connectivity index (χ0n) is 17.7. The van der Waals surface area contributed by atoms with Crippen molar-refractivity contribution >= 4 is 5.69 Å². The molecule has 0 amide bonds. The fourth-order valence-corrected chi connectivity index (χ4v) is 4.80. The highest BCUT2D eigenvalue weighted by Gasteiger charge is 2.26. The van der Waals surface area contributed by atoms with E-state index in [0.29, 0.717) is 24.7 Å². The molecule has 160 valence electrons. The Balaban J connectivity index is 1.04. The molecule has 2 aromatic heterocycles. The molecule has 0 atom stereocenters. The van der Waals surface area contributed by atoms with Gasteiger partial charge in [-0.25, -0.2) is 0 Å². The van der Waals surface area contributed by atoms with Gasteiger partial charge in [0.1, 0.15) is 0 Å². The predicted molar refractivity (Wildman–Crippen MR) is 119 cm³/mol. The predicted octanol–water partition coefficient (Wildman–Crippen LogP) is 5.39. The van der Waals surface area contributed by atoms with Crippen molar-refractivity contribution in [2.75, 3.05) is 18.7 Å². The maximum atomic E-state index is 5.52. The number of hydrogen-bond acceptors (Lipinski definition) is 5. The second-order valence-corrected chi connectivity index (χ2v) is 9.08. The molecule has 0 bridgehead atoms. The first kappa shape index (κ1) is 18.7. The van der Waals surface area contributed by atoms with Gasteiger partial charge in [-0.15, -0.1) is 0 Å². The number of hydrogen-bond donors (Lipinski definition) is 1. The Labute approximate surface area is 182 Å². The molecule has 0 saturated heterocycles. The van der Waals surface area contributed by atoms with Crippen molar-refractivity contribution in [2.45, 2.75) is 50.5 Å². The van der Waals surface area contributed by atoms with E-state index in [0.717, 1.165) is 23.7 Å². The average molecular weight is 417 g/mol. The molecule has 2 saturated carbocycles. The lowest BCUT2D eigenvalue weighted by atomic mass is 9.80. The van der Waals surface area contributed by atoms with Gasteiger partial charge < -0.3 is 14.8 Å². The summed E-state index contributed by atoms with van der Waals surface area (Å²) in [6, 6.07) is 11.4. The van der Waals surface area contributed by atoms with Crippen LogP contribution in [-0.4, -0.2) is 28.1 Å². The van der Waals surface area contributed by atoms with Gasteiger partial charge in [0.25, 0.3) is 0 Å². The lowest BCUT2D eigenvalue weighted by Gasteiger charge is -2.28. The Kier molecular flexibility index (Phi) is 4.78. The van der Waals surface area contributed by atoms with Crippen molar-refractivity contribution in [3.05, 3.63) is 54.6 Å². The quantitative estimate of drug-likeness (QED) is 0.583. The molecule has 0 radical (unpaired) electrons. The van der Waals surface area contributed by atoms with Gasteiger partial charge in [-0.1, -0.05) is 12.1 Å². The van der Waals surface area contributed by atoms with Gasteiger partial charge in [-0.05, 0) is 62.1 Å². The standard InChI is InChI=1S/C25H28N4O2/c1-2-19(20-13-28-29(15-20)22-8-9-22)10-21(3-1)26-12-17-4-6-18(7-5-17)23-11-24-25(14-27-23)31-16-30-24/h1-3,10-11,13-15,17-18,22,26H,4-9,12,16H2. The van der Waals surface area contributed by atoms with Crippen LogP contribution in [0, 0.1) is 5.92 Å². The third kappa shape index (κ3) is 3.99. The van der Waals surface area contributed by atoms with Crippen LogP contribution in [0.1, 0.15) is 56.2 Å². The van der Waals surface area contributed by atoms with Crippen molar-refractivity contribution < 1.29 is 9.47 Å². The van der Waals surface area contributed by atoms with E-state index >= 15 is 0 Å². The van der Waals surface area contributed by atoms with Crippen LogP contribution in [0.2, 0.25) is 0 Å². The number of nitrogens with zero attached hydrogens (tertiary/aromatic N) is 3. The Morgan fingerprint density at radius 2 is 1.81 bits per heavy atom. The molecule has 3 aromatic rings. The molecule has 6 heteroatoms. The van der Waals surface area contributed by atoms with Gasteiger partial charge in [0.15, 0.2) is 11.5 Å². The highest BCUT2D eigenvalue weighted by Crippen LogP contribution is 2.39. The SMILES string of the molecule is c1cc(NCC2CCC(c3cc4c(cn3)OCO4)CC2)cc(-c2cnn(C3CC3)c2)c1. The number of rotatable bonds is 6. The van der Waals surface area contributed by atoms with Gasteiger partial charge in [-0.3, -0.25) is 9.67 Å². The van der Waals surface area contributed by atoms with Crippen LogP contribution in [0.3, 0.4) is 0 Å². The summed E-state index contributed by atoms with van der Waals surface area (Å²) < 4.78 is 13.0. The van der Waals surface area contributed by atoms with Crippen LogP contribution >= 0.6 is 0 Å². The second-order valence-electron chi connectivity index (χ2n) is 9.08. The van der Waals surface area contributed by atoms with Gasteiger partial charge in [0, 0.05) is 41.7 Å². The maximum absolute atomic E-state index is 5.52. The second kappa shape index (κ2) is 7.91. The van der Waals surface area contributed by atoms with E-state index in [1.165, 1.54) is 55.3 Å². The molecule has 6 nitrogen and oxygen atoms in total. The highest BCUT2D eigenvalue weighted by atomic mass is 16.7. The summed E-state index contributed by atoms with van der Waals surface area (Å²) in [5, 5.41) is 8.21. The minimum atomic E-state index is 0.308. The van der Waals surface area contributed by atoms with Gasteiger partial charge in [-0.2, -0.15) is 5.10 Å². The van der Waals surface area contributed by atoms with Crippen LogP contribution in [-0.2, 0) is 0 Å². The first-order valence-corrected chi connectivity index (χ1v) is 11.5. The van der Waals surface area contributed by atoms with Crippen LogP contribution < -0.4 is 14.8 Å². The van der Waals surface area contributed by atoms with Crippen LogP contribution in [0.5, 0.6) is 11.5 Å². The van der Waals surface area contributed by atoms with Crippen molar-refractivity contribution in [1.82, 2.24) is 14.8 Å². The van der Waals surface area contributed by atoms with Crippen molar-refractivity contribution in [2.24, 2.45) is 5.92 Å². The first-order valence-electron chi connectivity index (χ1n) is 11.5. The first-order chi connectivity index (χ1) is 15.3. The van der Waals surface area contributed by atoms with Gasteiger partial charge in [0.05, 0.1) is 18.4 Å². The largest absolute Gasteiger partial charge is 0.453 e. The Hall–Kier alpha value is -3.02. The monoisotopic (exact) mass is 416 g/mol. The van der Waals surface area contributed by atoms with E-state index < -0.39 is 0 Å². The Bertz CT molecular complexity index is 1070. The van der Waals surface area contributed by atoms with Gasteiger partial charge >= 0.3 is 0 Å². The van der Waals surface area contributed by atoms with Gasteiger partial charge in [0.2, 0.25) is 6.79 Å². The fraction of sp³-hybridized carbons (Fsp3) is 0.440. The topological polar surface area (TPSA) is 61.2 Å². The third-order valence-electron chi connectivity index (χ3n) is 6.86. The molecular weight excluding hydrogens is 388 g/mol. The summed E-state index contributed by atoms with van der Waals surface area (Å²) in [7, 11) is 0. The minimum absolute atomic E-state index is 0.308. The summed E-state index contributed by atoms with van der Waals surface area (Å²) >= 11 is 0. The van der Waals surface area contributed by atoms with E-state index in [4.69, 9.17) is 9.47 Å². The Morgan fingerprint density at radius 1 is 0.935 bits per heavy atom. The number of aromatic nitrogens is 3. The van der Waals surface area contributed by atoms with Crippen LogP contribution in [0.15, 0.2) is 48.9 Å². The van der Waals surface area contributed by atoms with E-state index in [2.05, 4.69) is 56.6 Å². The molecule has 0 unspecified atom stereocenters. The molecule has 1 aromatic carbocycles. The Morgan fingerprint density at radius 3 is 2.68 bits per heavy atom. The summed E-state index contributed by atoms with van der Waals surface area (Å²) in [6.07, 6.45) is 13.3. The summed E-state index contributed by atoms with van der Waals surface area (Å²) in [6.45, 7) is 1.33. The fourth-order valence-electron chi connectivity index (χ4n) is 4.80. The number of fused-ring (bicyclic) bond motifs is 1. The smallest absolute Gasteiger partial charge is 0.231 e. The molecule has 2 aliphatic carbocycles. The molecule has 6 rings (SSSR count). The van der Waals surface area contributed by atoms with E-state index in [1.807, 2.05) is 12.4 Å². The zero-order chi connectivity index (χ0) is 20.6.